The van der Waals surface area contributed by atoms with Gasteiger partial charge in [-0.1, -0.05) is 13.8 Å². The Morgan fingerprint density at radius 2 is 2.00 bits per heavy atom. The molecule has 0 aliphatic carbocycles. The first kappa shape index (κ1) is 14.8. The highest BCUT2D eigenvalue weighted by Gasteiger charge is 2.21. The molecule has 1 aliphatic heterocycles. The molecule has 3 heterocycles. The molecule has 2 aromatic heterocycles. The fraction of sp³-hybridized carbons (Fsp3) is 0.588. The fourth-order valence-electron chi connectivity index (χ4n) is 3.14. The van der Waals surface area contributed by atoms with Crippen LogP contribution in [0.15, 0.2) is 24.4 Å². The Kier molecular flexibility index (Phi) is 4.76. The Balaban J connectivity index is 1.50. The van der Waals surface area contributed by atoms with Crippen LogP contribution in [0, 0.1) is 5.92 Å². The molecule has 0 saturated carbocycles. The molecule has 3 rings (SSSR count). The topological polar surface area (TPSA) is 31.9 Å². The Morgan fingerprint density at radius 1 is 1.24 bits per heavy atom. The van der Waals surface area contributed by atoms with Gasteiger partial charge in [0.1, 0.15) is 0 Å². The highest BCUT2D eigenvalue weighted by atomic mass is 32.1. The van der Waals surface area contributed by atoms with Gasteiger partial charge in [0, 0.05) is 34.1 Å². The summed E-state index contributed by atoms with van der Waals surface area (Å²) in [5.74, 6) is 1.42. The van der Waals surface area contributed by atoms with Crippen LogP contribution in [0.2, 0.25) is 0 Å². The minimum Gasteiger partial charge on any atom is -0.298 e. The summed E-state index contributed by atoms with van der Waals surface area (Å²) < 4.78 is 0. The average Bonchev–Trinajstić information content (AvgIpc) is 3.11. The number of H-pyrrole nitrogens is 1. The van der Waals surface area contributed by atoms with Crippen LogP contribution in [-0.4, -0.2) is 28.2 Å². The van der Waals surface area contributed by atoms with Gasteiger partial charge in [0.05, 0.1) is 0 Å². The maximum Gasteiger partial charge on any atom is 0.0490 e. The Bertz CT molecular complexity index is 536. The van der Waals surface area contributed by atoms with Crippen molar-refractivity contribution in [1.29, 1.82) is 0 Å². The first-order valence-electron chi connectivity index (χ1n) is 8.00. The Morgan fingerprint density at radius 3 is 2.67 bits per heavy atom. The van der Waals surface area contributed by atoms with Crippen molar-refractivity contribution in [2.24, 2.45) is 5.92 Å². The van der Waals surface area contributed by atoms with Crippen molar-refractivity contribution in [1.82, 2.24) is 15.1 Å². The lowest BCUT2D eigenvalue weighted by atomic mass is 9.94. The number of rotatable bonds is 5. The van der Waals surface area contributed by atoms with E-state index in [1.807, 2.05) is 17.5 Å². The van der Waals surface area contributed by atoms with Crippen molar-refractivity contribution in [3.05, 3.63) is 39.8 Å². The highest BCUT2D eigenvalue weighted by Crippen LogP contribution is 2.28. The van der Waals surface area contributed by atoms with E-state index in [0.29, 0.717) is 5.92 Å². The van der Waals surface area contributed by atoms with Crippen LogP contribution in [0.1, 0.15) is 48.1 Å². The van der Waals surface area contributed by atoms with E-state index >= 15 is 0 Å². The molecule has 1 fully saturated rings. The SMILES string of the molecule is CC(C)Cc1ccc(CN2CCC(c3ccn[nH]3)CC2)s1. The largest absolute Gasteiger partial charge is 0.298 e. The molecule has 114 valence electrons. The van der Waals surface area contributed by atoms with Crippen molar-refractivity contribution in [2.45, 2.75) is 45.6 Å². The summed E-state index contributed by atoms with van der Waals surface area (Å²) in [5, 5.41) is 7.20. The van der Waals surface area contributed by atoms with Gasteiger partial charge in [-0.15, -0.1) is 11.3 Å². The second-order valence-corrected chi connectivity index (χ2v) is 7.78. The lowest BCUT2D eigenvalue weighted by molar-refractivity contribution is 0.205. The first-order valence-corrected chi connectivity index (χ1v) is 8.81. The summed E-state index contributed by atoms with van der Waals surface area (Å²) >= 11 is 2.00. The number of nitrogens with zero attached hydrogens (tertiary/aromatic N) is 2. The van der Waals surface area contributed by atoms with E-state index in [0.717, 1.165) is 12.5 Å². The summed E-state index contributed by atoms with van der Waals surface area (Å²) in [7, 11) is 0. The molecule has 1 aliphatic rings. The predicted molar refractivity (Wildman–Crippen MR) is 88.7 cm³/mol. The molecular weight excluding hydrogens is 278 g/mol. The zero-order chi connectivity index (χ0) is 14.7. The number of aromatic amines is 1. The lowest BCUT2D eigenvalue weighted by Gasteiger charge is -2.31. The monoisotopic (exact) mass is 303 g/mol. The third kappa shape index (κ3) is 3.95. The molecular formula is C17H25N3S. The van der Waals surface area contributed by atoms with Crippen LogP contribution in [-0.2, 0) is 13.0 Å². The van der Waals surface area contributed by atoms with Crippen LogP contribution < -0.4 is 0 Å². The molecule has 0 amide bonds. The highest BCUT2D eigenvalue weighted by molar-refractivity contribution is 7.11. The summed E-state index contributed by atoms with van der Waals surface area (Å²) in [6.45, 7) is 8.10. The molecule has 2 aromatic rings. The molecule has 1 N–H and O–H groups in total. The van der Waals surface area contributed by atoms with Gasteiger partial charge in [-0.2, -0.15) is 5.10 Å². The number of nitrogens with one attached hydrogen (secondary N) is 1. The smallest absolute Gasteiger partial charge is 0.0490 e. The van der Waals surface area contributed by atoms with Gasteiger partial charge in [0.15, 0.2) is 0 Å². The van der Waals surface area contributed by atoms with E-state index in [1.54, 1.807) is 0 Å². The van der Waals surface area contributed by atoms with Crippen molar-refractivity contribution in [3.8, 4) is 0 Å². The second-order valence-electron chi connectivity index (χ2n) is 6.53. The van der Waals surface area contributed by atoms with Gasteiger partial charge in [-0.25, -0.2) is 0 Å². The zero-order valence-electron chi connectivity index (χ0n) is 13.0. The van der Waals surface area contributed by atoms with Gasteiger partial charge < -0.3 is 0 Å². The summed E-state index contributed by atoms with van der Waals surface area (Å²) in [6.07, 6.45) is 5.56. The quantitative estimate of drug-likeness (QED) is 0.903. The summed E-state index contributed by atoms with van der Waals surface area (Å²) in [5.41, 5.74) is 1.31. The van der Waals surface area contributed by atoms with E-state index in [-0.39, 0.29) is 0 Å². The second kappa shape index (κ2) is 6.75. The molecule has 0 radical (unpaired) electrons. The first-order chi connectivity index (χ1) is 10.2. The van der Waals surface area contributed by atoms with Gasteiger partial charge in [0.25, 0.3) is 0 Å². The number of hydrogen-bond acceptors (Lipinski definition) is 3. The third-order valence-electron chi connectivity index (χ3n) is 4.26. The number of hydrogen-bond donors (Lipinski definition) is 1. The molecule has 0 bridgehead atoms. The minimum atomic E-state index is 0.670. The third-order valence-corrected chi connectivity index (χ3v) is 5.35. The maximum atomic E-state index is 4.07. The molecule has 0 atom stereocenters. The van der Waals surface area contributed by atoms with Gasteiger partial charge in [-0.05, 0) is 56.5 Å². The number of aromatic nitrogens is 2. The Labute approximate surface area is 131 Å². The van der Waals surface area contributed by atoms with Gasteiger partial charge in [-0.3, -0.25) is 10.00 Å². The van der Waals surface area contributed by atoms with Crippen LogP contribution in [0.25, 0.3) is 0 Å². The minimum absolute atomic E-state index is 0.670. The molecule has 4 heteroatoms. The standard InChI is InChI=1S/C17H25N3S/c1-13(2)11-15-3-4-16(21-15)12-20-9-6-14(7-10-20)17-5-8-18-19-17/h3-5,8,13-14H,6-7,9-12H2,1-2H3,(H,18,19). The predicted octanol–water partition coefficient (Wildman–Crippen LogP) is 4.05. The van der Waals surface area contributed by atoms with Crippen molar-refractivity contribution in [3.63, 3.8) is 0 Å². The van der Waals surface area contributed by atoms with Crippen LogP contribution in [0.5, 0.6) is 0 Å². The molecule has 3 nitrogen and oxygen atoms in total. The maximum absolute atomic E-state index is 4.07. The van der Waals surface area contributed by atoms with Crippen molar-refractivity contribution < 1.29 is 0 Å². The van der Waals surface area contributed by atoms with E-state index in [4.69, 9.17) is 0 Å². The fourth-order valence-corrected chi connectivity index (χ4v) is 4.41. The van der Waals surface area contributed by atoms with E-state index < -0.39 is 0 Å². The van der Waals surface area contributed by atoms with Crippen LogP contribution in [0.4, 0.5) is 0 Å². The summed E-state index contributed by atoms with van der Waals surface area (Å²) in [6, 6.07) is 6.76. The normalized spacial score (nSPS) is 17.7. The van der Waals surface area contributed by atoms with Crippen LogP contribution in [0.3, 0.4) is 0 Å². The van der Waals surface area contributed by atoms with Crippen molar-refractivity contribution >= 4 is 11.3 Å². The molecule has 0 spiro atoms. The van der Waals surface area contributed by atoms with E-state index in [1.165, 1.54) is 47.8 Å². The lowest BCUT2D eigenvalue weighted by Crippen LogP contribution is -2.32. The van der Waals surface area contributed by atoms with E-state index in [2.05, 4.69) is 47.1 Å². The number of thiophene rings is 1. The van der Waals surface area contributed by atoms with Crippen molar-refractivity contribution in [2.75, 3.05) is 13.1 Å². The van der Waals surface area contributed by atoms with Gasteiger partial charge in [0.2, 0.25) is 0 Å². The van der Waals surface area contributed by atoms with Crippen LogP contribution >= 0.6 is 11.3 Å². The molecule has 0 aromatic carbocycles. The van der Waals surface area contributed by atoms with Gasteiger partial charge >= 0.3 is 0 Å². The zero-order valence-corrected chi connectivity index (χ0v) is 13.8. The van der Waals surface area contributed by atoms with E-state index in [9.17, 15) is 0 Å². The number of likely N-dealkylation sites (tertiary alicyclic amines) is 1. The number of piperidine rings is 1. The Hall–Kier alpha value is -1.13. The molecule has 21 heavy (non-hydrogen) atoms. The molecule has 0 unspecified atom stereocenters. The summed E-state index contributed by atoms with van der Waals surface area (Å²) in [4.78, 5) is 5.65. The molecule has 1 saturated heterocycles. The average molecular weight is 303 g/mol.